The number of ether oxygens (including phenoxy) is 2. The van der Waals surface area contributed by atoms with Gasteiger partial charge in [0, 0.05) is 6.04 Å². The van der Waals surface area contributed by atoms with Crippen molar-refractivity contribution in [1.82, 2.24) is 5.32 Å². The molecular weight excluding hydrogens is 240 g/mol. The molecule has 0 heterocycles. The Morgan fingerprint density at radius 1 is 1.21 bits per heavy atom. The highest BCUT2D eigenvalue weighted by Gasteiger charge is 2.04. The van der Waals surface area contributed by atoms with Gasteiger partial charge >= 0.3 is 0 Å². The Labute approximate surface area is 116 Å². The van der Waals surface area contributed by atoms with Gasteiger partial charge < -0.3 is 20.5 Å². The number of nitrogens with one attached hydrogen (secondary N) is 1. The van der Waals surface area contributed by atoms with Crippen LogP contribution in [0.4, 0.5) is 0 Å². The molecule has 1 aromatic carbocycles. The first kappa shape index (κ1) is 15.8. The predicted molar refractivity (Wildman–Crippen MR) is 79.0 cm³/mol. The Kier molecular flexibility index (Phi) is 7.30. The first-order chi connectivity index (χ1) is 9.21. The second kappa shape index (κ2) is 8.77. The molecule has 0 radical (unpaired) electrons. The van der Waals surface area contributed by atoms with E-state index in [-0.39, 0.29) is 0 Å². The van der Waals surface area contributed by atoms with Gasteiger partial charge in [-0.15, -0.1) is 0 Å². The minimum Gasteiger partial charge on any atom is -0.493 e. The van der Waals surface area contributed by atoms with E-state index < -0.39 is 0 Å². The van der Waals surface area contributed by atoms with Gasteiger partial charge in [0.15, 0.2) is 11.5 Å². The van der Waals surface area contributed by atoms with Crippen LogP contribution in [0.2, 0.25) is 0 Å². The lowest BCUT2D eigenvalue weighted by Gasteiger charge is -2.13. The molecule has 4 heteroatoms. The second-order valence-electron chi connectivity index (χ2n) is 4.73. The molecule has 3 N–H and O–H groups in total. The second-order valence-corrected chi connectivity index (χ2v) is 4.73. The number of nitrogens with two attached hydrogens (primary N) is 1. The van der Waals surface area contributed by atoms with Crippen molar-refractivity contribution in [2.24, 2.45) is 5.73 Å². The lowest BCUT2D eigenvalue weighted by Crippen LogP contribution is -2.29. The van der Waals surface area contributed by atoms with E-state index >= 15 is 0 Å². The van der Waals surface area contributed by atoms with Gasteiger partial charge in [-0.2, -0.15) is 0 Å². The zero-order valence-electron chi connectivity index (χ0n) is 12.2. The summed E-state index contributed by atoms with van der Waals surface area (Å²) in [7, 11) is 3.32. The van der Waals surface area contributed by atoms with Gasteiger partial charge in [0.25, 0.3) is 0 Å². The number of hydrogen-bond acceptors (Lipinski definition) is 4. The standard InChI is InChI=1S/C15H26N2O2/c1-12(8-9-16)17-10-4-5-13-6-7-14(18-2)15(11-13)19-3/h6-7,11-12,17H,4-5,8-10,16H2,1-3H3. The lowest BCUT2D eigenvalue weighted by atomic mass is 10.1. The summed E-state index contributed by atoms with van der Waals surface area (Å²) in [6.07, 6.45) is 3.16. The maximum absolute atomic E-state index is 5.52. The molecule has 0 aliphatic heterocycles. The summed E-state index contributed by atoms with van der Waals surface area (Å²) < 4.78 is 10.5. The Bertz CT molecular complexity index is 369. The molecule has 0 aromatic heterocycles. The first-order valence-corrected chi connectivity index (χ1v) is 6.85. The zero-order chi connectivity index (χ0) is 14.1. The average Bonchev–Trinajstić information content (AvgIpc) is 2.43. The van der Waals surface area contributed by atoms with Gasteiger partial charge in [-0.1, -0.05) is 6.07 Å². The monoisotopic (exact) mass is 266 g/mol. The van der Waals surface area contributed by atoms with Crippen LogP contribution in [0.5, 0.6) is 11.5 Å². The van der Waals surface area contributed by atoms with Crippen LogP contribution in [0.25, 0.3) is 0 Å². The van der Waals surface area contributed by atoms with E-state index in [1.165, 1.54) is 5.56 Å². The van der Waals surface area contributed by atoms with E-state index in [1.807, 2.05) is 12.1 Å². The molecule has 19 heavy (non-hydrogen) atoms. The molecule has 1 atom stereocenters. The first-order valence-electron chi connectivity index (χ1n) is 6.85. The number of hydrogen-bond donors (Lipinski definition) is 2. The van der Waals surface area contributed by atoms with Crippen molar-refractivity contribution in [2.45, 2.75) is 32.2 Å². The number of benzene rings is 1. The van der Waals surface area contributed by atoms with Crippen LogP contribution in [0.1, 0.15) is 25.3 Å². The Morgan fingerprint density at radius 2 is 1.95 bits per heavy atom. The predicted octanol–water partition coefficient (Wildman–Crippen LogP) is 1.96. The molecule has 0 aliphatic carbocycles. The highest BCUT2D eigenvalue weighted by atomic mass is 16.5. The van der Waals surface area contributed by atoms with E-state index in [1.54, 1.807) is 14.2 Å². The molecule has 0 fully saturated rings. The highest BCUT2D eigenvalue weighted by Crippen LogP contribution is 2.27. The molecule has 0 saturated carbocycles. The Morgan fingerprint density at radius 3 is 2.58 bits per heavy atom. The van der Waals surface area contributed by atoms with Crippen molar-refractivity contribution >= 4 is 0 Å². The van der Waals surface area contributed by atoms with E-state index in [9.17, 15) is 0 Å². The molecule has 0 saturated heterocycles. The third kappa shape index (κ3) is 5.49. The third-order valence-corrected chi connectivity index (χ3v) is 3.18. The Hall–Kier alpha value is -1.26. The van der Waals surface area contributed by atoms with Gasteiger partial charge in [-0.05, 0) is 57.0 Å². The molecular formula is C15H26N2O2. The summed E-state index contributed by atoms with van der Waals surface area (Å²) in [5.74, 6) is 1.57. The van der Waals surface area contributed by atoms with Crippen LogP contribution >= 0.6 is 0 Å². The van der Waals surface area contributed by atoms with Gasteiger partial charge in [0.05, 0.1) is 14.2 Å². The van der Waals surface area contributed by atoms with Crippen molar-refractivity contribution in [2.75, 3.05) is 27.3 Å². The van der Waals surface area contributed by atoms with Crippen LogP contribution < -0.4 is 20.5 Å². The molecule has 0 aliphatic rings. The summed E-state index contributed by atoms with van der Waals surface area (Å²) in [5.41, 5.74) is 6.79. The zero-order valence-corrected chi connectivity index (χ0v) is 12.2. The summed E-state index contributed by atoms with van der Waals surface area (Å²) in [4.78, 5) is 0. The SMILES string of the molecule is COc1ccc(CCCNC(C)CCN)cc1OC. The molecule has 4 nitrogen and oxygen atoms in total. The topological polar surface area (TPSA) is 56.5 Å². The lowest BCUT2D eigenvalue weighted by molar-refractivity contribution is 0.354. The van der Waals surface area contributed by atoms with E-state index in [0.29, 0.717) is 6.04 Å². The summed E-state index contributed by atoms with van der Waals surface area (Å²) in [5, 5.41) is 3.47. The molecule has 0 spiro atoms. The van der Waals surface area contributed by atoms with Crippen molar-refractivity contribution in [3.8, 4) is 11.5 Å². The molecule has 108 valence electrons. The van der Waals surface area contributed by atoms with E-state index in [4.69, 9.17) is 15.2 Å². The van der Waals surface area contributed by atoms with Crippen LogP contribution in [-0.2, 0) is 6.42 Å². The van der Waals surface area contributed by atoms with Crippen LogP contribution in [-0.4, -0.2) is 33.4 Å². The van der Waals surface area contributed by atoms with Crippen molar-refractivity contribution in [3.05, 3.63) is 23.8 Å². The fourth-order valence-corrected chi connectivity index (χ4v) is 2.03. The van der Waals surface area contributed by atoms with Gasteiger partial charge in [0.1, 0.15) is 0 Å². The Balaban J connectivity index is 2.37. The van der Waals surface area contributed by atoms with E-state index in [2.05, 4.69) is 18.3 Å². The summed E-state index contributed by atoms with van der Waals surface area (Å²) in [6, 6.07) is 6.58. The molecule has 1 unspecified atom stereocenters. The highest BCUT2D eigenvalue weighted by molar-refractivity contribution is 5.42. The van der Waals surface area contributed by atoms with Crippen LogP contribution in [0.15, 0.2) is 18.2 Å². The third-order valence-electron chi connectivity index (χ3n) is 3.18. The molecule has 1 aromatic rings. The van der Waals surface area contributed by atoms with E-state index in [0.717, 1.165) is 43.9 Å². The molecule has 0 bridgehead atoms. The van der Waals surface area contributed by atoms with Crippen LogP contribution in [0, 0.1) is 0 Å². The van der Waals surface area contributed by atoms with Gasteiger partial charge in [0.2, 0.25) is 0 Å². The molecule has 1 rings (SSSR count). The summed E-state index contributed by atoms with van der Waals surface area (Å²) in [6.45, 7) is 3.92. The maximum Gasteiger partial charge on any atom is 0.160 e. The minimum absolute atomic E-state index is 0.496. The smallest absolute Gasteiger partial charge is 0.160 e. The van der Waals surface area contributed by atoms with Crippen molar-refractivity contribution < 1.29 is 9.47 Å². The summed E-state index contributed by atoms with van der Waals surface area (Å²) >= 11 is 0. The fraction of sp³-hybridized carbons (Fsp3) is 0.600. The van der Waals surface area contributed by atoms with Crippen molar-refractivity contribution in [3.63, 3.8) is 0 Å². The number of aryl methyl sites for hydroxylation is 1. The largest absolute Gasteiger partial charge is 0.493 e. The average molecular weight is 266 g/mol. The fourth-order valence-electron chi connectivity index (χ4n) is 2.03. The minimum atomic E-state index is 0.496. The van der Waals surface area contributed by atoms with Gasteiger partial charge in [-0.3, -0.25) is 0 Å². The van der Waals surface area contributed by atoms with Crippen molar-refractivity contribution in [1.29, 1.82) is 0 Å². The number of rotatable bonds is 9. The van der Waals surface area contributed by atoms with Crippen LogP contribution in [0.3, 0.4) is 0 Å². The number of methoxy groups -OCH3 is 2. The normalized spacial score (nSPS) is 12.2. The quantitative estimate of drug-likeness (QED) is 0.671. The van der Waals surface area contributed by atoms with Gasteiger partial charge in [-0.25, -0.2) is 0 Å². The maximum atomic E-state index is 5.52. The molecule has 0 amide bonds.